The van der Waals surface area contributed by atoms with Gasteiger partial charge in [0.15, 0.2) is 0 Å². The topological polar surface area (TPSA) is 92.4 Å². The summed E-state index contributed by atoms with van der Waals surface area (Å²) in [5.41, 5.74) is 6.69. The van der Waals surface area contributed by atoms with Gasteiger partial charge in [0.05, 0.1) is 16.3 Å². The van der Waals surface area contributed by atoms with Gasteiger partial charge in [-0.05, 0) is 36.4 Å². The number of aromatic carboxylic acids is 1. The highest BCUT2D eigenvalue weighted by Gasteiger charge is 2.11. The molecule has 0 saturated carbocycles. The van der Waals surface area contributed by atoms with Crippen molar-refractivity contribution in [2.75, 3.05) is 11.1 Å². The zero-order chi connectivity index (χ0) is 15.6. The second-order valence-corrected chi connectivity index (χ2v) is 5.55. The Bertz CT molecular complexity index is 734. The zero-order valence-corrected chi connectivity index (χ0v) is 12.9. The van der Waals surface area contributed by atoms with Crippen LogP contribution in [0.1, 0.15) is 20.7 Å². The minimum Gasteiger partial charge on any atom is -0.478 e. The molecule has 0 aromatic heterocycles. The lowest BCUT2D eigenvalue weighted by atomic mass is 10.1. The predicted octanol–water partition coefficient (Wildman–Crippen LogP) is 3.64. The second kappa shape index (κ2) is 6.15. The predicted molar refractivity (Wildman–Crippen MR) is 84.9 cm³/mol. The number of hydrogen-bond acceptors (Lipinski definition) is 3. The lowest BCUT2D eigenvalue weighted by Gasteiger charge is -2.08. The first-order valence-electron chi connectivity index (χ1n) is 5.77. The van der Waals surface area contributed by atoms with E-state index < -0.39 is 11.9 Å². The van der Waals surface area contributed by atoms with Crippen LogP contribution < -0.4 is 11.1 Å². The van der Waals surface area contributed by atoms with Crippen LogP contribution in [0.4, 0.5) is 11.4 Å². The maximum absolute atomic E-state index is 12.1. The minimum atomic E-state index is -1.08. The van der Waals surface area contributed by atoms with Gasteiger partial charge in [-0.1, -0.05) is 27.5 Å². The van der Waals surface area contributed by atoms with Gasteiger partial charge in [-0.25, -0.2) is 4.79 Å². The summed E-state index contributed by atoms with van der Waals surface area (Å²) in [5, 5.41) is 12.0. The molecule has 7 heteroatoms. The van der Waals surface area contributed by atoms with Gasteiger partial charge in [0, 0.05) is 15.7 Å². The van der Waals surface area contributed by atoms with E-state index in [0.717, 1.165) is 0 Å². The van der Waals surface area contributed by atoms with E-state index in [1.54, 1.807) is 6.07 Å². The van der Waals surface area contributed by atoms with E-state index >= 15 is 0 Å². The first-order valence-corrected chi connectivity index (χ1v) is 6.94. The molecule has 21 heavy (non-hydrogen) atoms. The SMILES string of the molecule is Nc1cc(C(=O)Nc2cc(Br)cc(C(=O)O)c2)ccc1Cl. The summed E-state index contributed by atoms with van der Waals surface area (Å²) >= 11 is 8.99. The number of nitrogens with one attached hydrogen (secondary N) is 1. The van der Waals surface area contributed by atoms with Crippen LogP contribution in [-0.2, 0) is 0 Å². The minimum absolute atomic E-state index is 0.0651. The fourth-order valence-corrected chi connectivity index (χ4v) is 2.28. The Morgan fingerprint density at radius 2 is 1.86 bits per heavy atom. The molecule has 0 radical (unpaired) electrons. The highest BCUT2D eigenvalue weighted by Crippen LogP contribution is 2.22. The van der Waals surface area contributed by atoms with Crippen LogP contribution in [0.3, 0.4) is 0 Å². The second-order valence-electron chi connectivity index (χ2n) is 4.22. The van der Waals surface area contributed by atoms with Gasteiger partial charge in [-0.2, -0.15) is 0 Å². The molecule has 4 N–H and O–H groups in total. The number of benzene rings is 2. The number of hydrogen-bond donors (Lipinski definition) is 3. The number of carbonyl (C=O) groups excluding carboxylic acids is 1. The zero-order valence-electron chi connectivity index (χ0n) is 10.6. The molecule has 0 heterocycles. The smallest absolute Gasteiger partial charge is 0.335 e. The number of nitrogens with two attached hydrogens (primary N) is 1. The van der Waals surface area contributed by atoms with Crippen LogP contribution in [0.15, 0.2) is 40.9 Å². The van der Waals surface area contributed by atoms with E-state index in [1.165, 1.54) is 30.3 Å². The van der Waals surface area contributed by atoms with Gasteiger partial charge in [0.2, 0.25) is 0 Å². The Labute approximate surface area is 133 Å². The van der Waals surface area contributed by atoms with E-state index in [1.807, 2.05) is 0 Å². The molecule has 0 saturated heterocycles. The van der Waals surface area contributed by atoms with E-state index in [0.29, 0.717) is 26.4 Å². The lowest BCUT2D eigenvalue weighted by molar-refractivity contribution is 0.0696. The van der Waals surface area contributed by atoms with Gasteiger partial charge in [0.1, 0.15) is 0 Å². The summed E-state index contributed by atoms with van der Waals surface area (Å²) in [6, 6.07) is 8.92. The summed E-state index contributed by atoms with van der Waals surface area (Å²) in [6.07, 6.45) is 0. The Hall–Kier alpha value is -2.05. The molecule has 0 aliphatic carbocycles. The molecular weight excluding hydrogens is 360 g/mol. The third-order valence-electron chi connectivity index (χ3n) is 2.66. The molecule has 2 aromatic rings. The maximum Gasteiger partial charge on any atom is 0.335 e. The lowest BCUT2D eigenvalue weighted by Crippen LogP contribution is -2.13. The van der Waals surface area contributed by atoms with Crippen LogP contribution in [-0.4, -0.2) is 17.0 Å². The van der Waals surface area contributed by atoms with Crippen LogP contribution in [0.25, 0.3) is 0 Å². The van der Waals surface area contributed by atoms with Gasteiger partial charge in [0.25, 0.3) is 5.91 Å². The van der Waals surface area contributed by atoms with Gasteiger partial charge >= 0.3 is 5.97 Å². The molecular formula is C14H10BrClN2O3. The molecule has 2 aromatic carbocycles. The van der Waals surface area contributed by atoms with Crippen molar-refractivity contribution >= 4 is 50.8 Å². The number of carboxylic acids is 1. The van der Waals surface area contributed by atoms with Crippen molar-refractivity contribution in [1.82, 2.24) is 0 Å². The number of halogens is 2. The molecule has 2 rings (SSSR count). The average molecular weight is 370 g/mol. The van der Waals surface area contributed by atoms with Gasteiger partial charge in [-0.3, -0.25) is 4.79 Å². The largest absolute Gasteiger partial charge is 0.478 e. The summed E-state index contributed by atoms with van der Waals surface area (Å²) in [4.78, 5) is 23.1. The summed E-state index contributed by atoms with van der Waals surface area (Å²) in [5.74, 6) is -1.49. The summed E-state index contributed by atoms with van der Waals surface area (Å²) in [7, 11) is 0. The highest BCUT2D eigenvalue weighted by atomic mass is 79.9. The third-order valence-corrected chi connectivity index (χ3v) is 3.46. The standard InChI is InChI=1S/C14H10BrClN2O3/c15-9-3-8(14(20)21)4-10(6-9)18-13(19)7-1-2-11(16)12(17)5-7/h1-6H,17H2,(H,18,19)(H,20,21). The third kappa shape index (κ3) is 3.74. The van der Waals surface area contributed by atoms with Crippen LogP contribution in [0.2, 0.25) is 5.02 Å². The van der Waals surface area contributed by atoms with Crippen molar-refractivity contribution in [3.63, 3.8) is 0 Å². The number of nitrogen functional groups attached to an aromatic ring is 1. The van der Waals surface area contributed by atoms with Crippen molar-refractivity contribution in [2.45, 2.75) is 0 Å². The number of carboxylic acid groups (broad SMARTS) is 1. The van der Waals surface area contributed by atoms with Crippen LogP contribution >= 0.6 is 27.5 Å². The monoisotopic (exact) mass is 368 g/mol. The molecule has 0 aliphatic rings. The van der Waals surface area contributed by atoms with Crippen molar-refractivity contribution in [1.29, 1.82) is 0 Å². The molecule has 0 atom stereocenters. The molecule has 0 aliphatic heterocycles. The van der Waals surface area contributed by atoms with Gasteiger partial charge in [-0.15, -0.1) is 0 Å². The number of anilines is 2. The van der Waals surface area contributed by atoms with E-state index in [9.17, 15) is 9.59 Å². The quantitative estimate of drug-likeness (QED) is 0.720. The van der Waals surface area contributed by atoms with Crippen LogP contribution in [0, 0.1) is 0 Å². The Balaban J connectivity index is 2.27. The Morgan fingerprint density at radius 1 is 1.14 bits per heavy atom. The number of rotatable bonds is 3. The van der Waals surface area contributed by atoms with Gasteiger partial charge < -0.3 is 16.2 Å². The molecule has 0 bridgehead atoms. The molecule has 1 amide bonds. The Morgan fingerprint density at radius 3 is 2.48 bits per heavy atom. The summed E-state index contributed by atoms with van der Waals surface area (Å²) < 4.78 is 0.549. The van der Waals surface area contributed by atoms with E-state index in [2.05, 4.69) is 21.2 Å². The molecule has 0 spiro atoms. The van der Waals surface area contributed by atoms with Crippen molar-refractivity contribution < 1.29 is 14.7 Å². The van der Waals surface area contributed by atoms with E-state index in [-0.39, 0.29) is 5.56 Å². The first kappa shape index (κ1) is 15.3. The Kier molecular flexibility index (Phi) is 4.50. The number of carbonyl (C=O) groups is 2. The normalized spacial score (nSPS) is 10.2. The first-order chi connectivity index (χ1) is 9.86. The fraction of sp³-hybridized carbons (Fsp3) is 0. The molecule has 0 fully saturated rings. The number of amides is 1. The fourth-order valence-electron chi connectivity index (χ4n) is 1.67. The van der Waals surface area contributed by atoms with Crippen molar-refractivity contribution in [2.24, 2.45) is 0 Å². The maximum atomic E-state index is 12.1. The van der Waals surface area contributed by atoms with Crippen molar-refractivity contribution in [3.05, 3.63) is 57.0 Å². The van der Waals surface area contributed by atoms with Crippen molar-refractivity contribution in [3.8, 4) is 0 Å². The van der Waals surface area contributed by atoms with E-state index in [4.69, 9.17) is 22.4 Å². The molecule has 0 unspecified atom stereocenters. The summed E-state index contributed by atoms with van der Waals surface area (Å²) in [6.45, 7) is 0. The highest BCUT2D eigenvalue weighted by molar-refractivity contribution is 9.10. The average Bonchev–Trinajstić information content (AvgIpc) is 2.41. The molecule has 5 nitrogen and oxygen atoms in total. The molecule has 108 valence electrons. The van der Waals surface area contributed by atoms with Crippen LogP contribution in [0.5, 0.6) is 0 Å².